The molecule has 0 fully saturated rings. The number of ether oxygens (including phenoxy) is 1. The van der Waals surface area contributed by atoms with Gasteiger partial charge in [0.2, 0.25) is 0 Å². The molecule has 0 amide bonds. The molecule has 9 heteroatoms. The topological polar surface area (TPSA) is 83.1 Å². The Kier molecular flexibility index (Phi) is 6.44. The molecule has 3 rings (SSSR count). The van der Waals surface area contributed by atoms with E-state index in [0.717, 1.165) is 22.1 Å². The van der Waals surface area contributed by atoms with Crippen LogP contribution in [0.5, 0.6) is 0 Å². The van der Waals surface area contributed by atoms with Gasteiger partial charge in [0, 0.05) is 35.6 Å². The normalized spacial score (nSPS) is 10.9. The summed E-state index contributed by atoms with van der Waals surface area (Å²) in [7, 11) is 1.65. The average Bonchev–Trinajstić information content (AvgIpc) is 3.08. The number of hydrogen-bond donors (Lipinski definition) is 0. The van der Waals surface area contributed by atoms with E-state index in [9.17, 15) is 10.1 Å². The molecule has 1 aromatic heterocycles. The summed E-state index contributed by atoms with van der Waals surface area (Å²) in [5, 5.41) is 20.8. The number of methoxy groups -OCH3 is 1. The van der Waals surface area contributed by atoms with Crippen molar-refractivity contribution in [3.8, 4) is 11.4 Å². The van der Waals surface area contributed by atoms with E-state index in [4.69, 9.17) is 16.3 Å². The van der Waals surface area contributed by atoms with E-state index >= 15 is 0 Å². The molecule has 140 valence electrons. The number of rotatable bonds is 8. The van der Waals surface area contributed by atoms with Gasteiger partial charge in [-0.1, -0.05) is 35.5 Å². The first-order valence-electron chi connectivity index (χ1n) is 8.12. The second-order valence-corrected chi connectivity index (χ2v) is 7.05. The molecule has 0 radical (unpaired) electrons. The maximum Gasteiger partial charge on any atom is 0.269 e. The lowest BCUT2D eigenvalue weighted by molar-refractivity contribution is -0.384. The third-order valence-corrected chi connectivity index (χ3v) is 5.14. The third kappa shape index (κ3) is 4.85. The second kappa shape index (κ2) is 8.98. The van der Waals surface area contributed by atoms with Crippen LogP contribution < -0.4 is 0 Å². The number of thioether (sulfide) groups is 1. The van der Waals surface area contributed by atoms with Crippen LogP contribution in [0.15, 0.2) is 53.7 Å². The molecule has 0 aliphatic heterocycles. The number of non-ortho nitro benzene ring substituents is 1. The summed E-state index contributed by atoms with van der Waals surface area (Å²) in [6.07, 6.45) is 0. The summed E-state index contributed by atoms with van der Waals surface area (Å²) in [5.41, 5.74) is 1.97. The molecule has 0 unspecified atom stereocenters. The smallest absolute Gasteiger partial charge is 0.269 e. The van der Waals surface area contributed by atoms with Crippen LogP contribution in [0.4, 0.5) is 5.69 Å². The zero-order valence-corrected chi connectivity index (χ0v) is 16.1. The minimum absolute atomic E-state index is 0.0806. The van der Waals surface area contributed by atoms with Gasteiger partial charge in [0.25, 0.3) is 5.69 Å². The van der Waals surface area contributed by atoms with Crippen molar-refractivity contribution < 1.29 is 9.66 Å². The summed E-state index contributed by atoms with van der Waals surface area (Å²) in [5.74, 6) is 1.37. The Morgan fingerprint density at radius 3 is 2.48 bits per heavy atom. The molecule has 1 heterocycles. The Labute approximate surface area is 165 Å². The van der Waals surface area contributed by atoms with E-state index in [2.05, 4.69) is 10.2 Å². The van der Waals surface area contributed by atoms with Crippen LogP contribution >= 0.6 is 23.4 Å². The van der Waals surface area contributed by atoms with E-state index in [-0.39, 0.29) is 5.69 Å². The molecular formula is C18H17ClN4O3S. The van der Waals surface area contributed by atoms with Gasteiger partial charge in [0.15, 0.2) is 11.0 Å². The summed E-state index contributed by atoms with van der Waals surface area (Å²) in [4.78, 5) is 10.3. The fraction of sp³-hybridized carbons (Fsp3) is 0.222. The summed E-state index contributed by atoms with van der Waals surface area (Å²) < 4.78 is 7.21. The average molecular weight is 405 g/mol. The maximum atomic E-state index is 10.8. The van der Waals surface area contributed by atoms with Crippen LogP contribution in [0.25, 0.3) is 11.4 Å². The predicted octanol–water partition coefficient (Wildman–Crippen LogP) is 4.45. The highest BCUT2D eigenvalue weighted by Gasteiger charge is 2.15. The van der Waals surface area contributed by atoms with Crippen molar-refractivity contribution in [2.75, 3.05) is 13.7 Å². The molecule has 0 saturated carbocycles. The van der Waals surface area contributed by atoms with Gasteiger partial charge in [0.05, 0.1) is 18.1 Å². The predicted molar refractivity (Wildman–Crippen MR) is 105 cm³/mol. The highest BCUT2D eigenvalue weighted by molar-refractivity contribution is 7.98. The molecule has 0 saturated heterocycles. The highest BCUT2D eigenvalue weighted by atomic mass is 35.5. The van der Waals surface area contributed by atoms with Gasteiger partial charge in [-0.25, -0.2) is 0 Å². The number of nitro groups is 1. The number of hydrogen-bond acceptors (Lipinski definition) is 6. The number of nitrogens with zero attached hydrogens (tertiary/aromatic N) is 4. The van der Waals surface area contributed by atoms with Crippen molar-refractivity contribution >= 4 is 29.1 Å². The quantitative estimate of drug-likeness (QED) is 0.313. The lowest BCUT2D eigenvalue weighted by atomic mass is 10.2. The van der Waals surface area contributed by atoms with Crippen LogP contribution in [-0.4, -0.2) is 33.4 Å². The fourth-order valence-electron chi connectivity index (χ4n) is 2.45. The third-order valence-electron chi connectivity index (χ3n) is 3.85. The lowest BCUT2D eigenvalue weighted by Gasteiger charge is -2.10. The van der Waals surface area contributed by atoms with E-state index in [1.165, 1.54) is 23.9 Å². The number of aromatic nitrogens is 3. The van der Waals surface area contributed by atoms with E-state index in [1.807, 2.05) is 28.8 Å². The first-order valence-corrected chi connectivity index (χ1v) is 9.49. The monoisotopic (exact) mass is 404 g/mol. The Morgan fingerprint density at radius 1 is 1.15 bits per heavy atom. The second-order valence-electron chi connectivity index (χ2n) is 5.67. The Bertz CT molecular complexity index is 913. The minimum Gasteiger partial charge on any atom is -0.383 e. The van der Waals surface area contributed by atoms with Gasteiger partial charge in [0.1, 0.15) is 0 Å². The van der Waals surface area contributed by atoms with E-state index in [1.54, 1.807) is 19.2 Å². The van der Waals surface area contributed by atoms with Crippen LogP contribution in [0.3, 0.4) is 0 Å². The van der Waals surface area contributed by atoms with E-state index in [0.29, 0.717) is 23.9 Å². The molecule has 27 heavy (non-hydrogen) atoms. The van der Waals surface area contributed by atoms with Gasteiger partial charge in [-0.2, -0.15) is 0 Å². The van der Waals surface area contributed by atoms with E-state index < -0.39 is 4.92 Å². The summed E-state index contributed by atoms with van der Waals surface area (Å²) in [6, 6.07) is 13.9. The van der Waals surface area contributed by atoms with Gasteiger partial charge >= 0.3 is 0 Å². The zero-order valence-electron chi connectivity index (χ0n) is 14.5. The van der Waals surface area contributed by atoms with Crippen molar-refractivity contribution in [2.24, 2.45) is 0 Å². The summed E-state index contributed by atoms with van der Waals surface area (Å²) in [6.45, 7) is 1.15. The number of benzene rings is 2. The van der Waals surface area contributed by atoms with Crippen molar-refractivity contribution in [1.29, 1.82) is 0 Å². The Hall–Kier alpha value is -2.42. The Morgan fingerprint density at radius 2 is 1.85 bits per heavy atom. The van der Waals surface area contributed by atoms with Crippen LogP contribution in [0.2, 0.25) is 5.02 Å². The molecule has 0 aliphatic rings. The summed E-state index contributed by atoms with van der Waals surface area (Å²) >= 11 is 7.49. The molecule has 0 aliphatic carbocycles. The first-order chi connectivity index (χ1) is 13.1. The molecule has 2 aromatic carbocycles. The zero-order chi connectivity index (χ0) is 19.2. The standard InChI is InChI=1S/C18H17ClN4O3S/c1-26-11-10-22-17(14-4-6-15(19)7-5-14)20-21-18(22)27-12-13-2-8-16(9-3-13)23(24)25/h2-9H,10-12H2,1H3. The minimum atomic E-state index is -0.406. The molecule has 0 atom stereocenters. The maximum absolute atomic E-state index is 10.8. The molecule has 7 nitrogen and oxygen atoms in total. The van der Waals surface area contributed by atoms with Crippen molar-refractivity contribution in [1.82, 2.24) is 14.8 Å². The lowest BCUT2D eigenvalue weighted by Crippen LogP contribution is -2.07. The molecule has 0 spiro atoms. The van der Waals surface area contributed by atoms with Gasteiger partial charge in [-0.15, -0.1) is 10.2 Å². The molecule has 0 bridgehead atoms. The van der Waals surface area contributed by atoms with Crippen LogP contribution in [-0.2, 0) is 17.0 Å². The Balaban J connectivity index is 1.79. The van der Waals surface area contributed by atoms with Crippen molar-refractivity contribution in [3.05, 3.63) is 69.2 Å². The largest absolute Gasteiger partial charge is 0.383 e. The van der Waals surface area contributed by atoms with Crippen LogP contribution in [0, 0.1) is 10.1 Å². The molecular weight excluding hydrogens is 388 g/mol. The number of halogens is 1. The van der Waals surface area contributed by atoms with Gasteiger partial charge in [-0.05, 0) is 29.8 Å². The number of nitro benzene ring substituents is 1. The van der Waals surface area contributed by atoms with Crippen LogP contribution in [0.1, 0.15) is 5.56 Å². The highest BCUT2D eigenvalue weighted by Crippen LogP contribution is 2.27. The van der Waals surface area contributed by atoms with Crippen molar-refractivity contribution in [3.63, 3.8) is 0 Å². The fourth-order valence-corrected chi connectivity index (χ4v) is 3.50. The van der Waals surface area contributed by atoms with Gasteiger partial charge < -0.3 is 4.74 Å². The SMILES string of the molecule is COCCn1c(SCc2ccc([N+](=O)[O-])cc2)nnc1-c1ccc(Cl)cc1. The molecule has 3 aromatic rings. The first kappa shape index (κ1) is 19.3. The van der Waals surface area contributed by atoms with Gasteiger partial charge in [-0.3, -0.25) is 14.7 Å². The van der Waals surface area contributed by atoms with Crippen molar-refractivity contribution in [2.45, 2.75) is 17.5 Å². The molecule has 0 N–H and O–H groups in total.